The molecular formula is C27H26N4O2. The number of aryl methyl sites for hydroxylation is 1. The van der Waals surface area contributed by atoms with Gasteiger partial charge in [0.05, 0.1) is 24.8 Å². The predicted molar refractivity (Wildman–Crippen MR) is 132 cm³/mol. The molecule has 2 heterocycles. The standard InChI is InChI=1S/C27H26N4O2/c1-18-7-3-5-9-23(18)19-11-13-20(14-12-19)27(32)31-17-22(30-33-2)15-25(31)26-28-16-21-8-4-6-10-24(21)29-26/h3-14,25H,15-17H2,1-2H3,(H,28,29). The van der Waals surface area contributed by atoms with Crippen molar-refractivity contribution < 1.29 is 9.63 Å². The van der Waals surface area contributed by atoms with Gasteiger partial charge in [-0.3, -0.25) is 9.79 Å². The summed E-state index contributed by atoms with van der Waals surface area (Å²) in [5, 5.41) is 7.58. The number of anilines is 1. The molecule has 2 aliphatic rings. The van der Waals surface area contributed by atoms with Crippen molar-refractivity contribution in [2.24, 2.45) is 10.1 Å². The highest BCUT2D eigenvalue weighted by Crippen LogP contribution is 2.28. The lowest BCUT2D eigenvalue weighted by molar-refractivity contribution is 0.0774. The molecule has 166 valence electrons. The van der Waals surface area contributed by atoms with E-state index in [0.29, 0.717) is 25.1 Å². The first-order valence-corrected chi connectivity index (χ1v) is 11.1. The molecule has 2 aliphatic heterocycles. The number of likely N-dealkylation sites (tertiary alicyclic amines) is 1. The summed E-state index contributed by atoms with van der Waals surface area (Å²) in [6.45, 7) is 3.11. The van der Waals surface area contributed by atoms with Gasteiger partial charge in [0.1, 0.15) is 12.9 Å². The van der Waals surface area contributed by atoms with E-state index in [1.807, 2.05) is 59.5 Å². The number of benzene rings is 3. The predicted octanol–water partition coefficient (Wildman–Crippen LogP) is 4.90. The molecule has 0 bridgehead atoms. The monoisotopic (exact) mass is 438 g/mol. The molecule has 33 heavy (non-hydrogen) atoms. The van der Waals surface area contributed by atoms with Crippen LogP contribution in [0, 0.1) is 6.92 Å². The molecule has 1 atom stereocenters. The highest BCUT2D eigenvalue weighted by Gasteiger charge is 2.38. The third-order valence-electron chi connectivity index (χ3n) is 6.24. The lowest BCUT2D eigenvalue weighted by Gasteiger charge is -2.28. The Bertz CT molecular complexity index is 1250. The van der Waals surface area contributed by atoms with Crippen LogP contribution >= 0.6 is 0 Å². The van der Waals surface area contributed by atoms with E-state index in [1.54, 1.807) is 0 Å². The number of fused-ring (bicyclic) bond motifs is 1. The van der Waals surface area contributed by atoms with Crippen molar-refractivity contribution in [2.45, 2.75) is 25.9 Å². The molecule has 5 rings (SSSR count). The molecule has 6 heteroatoms. The van der Waals surface area contributed by atoms with Crippen molar-refractivity contribution in [3.8, 4) is 11.1 Å². The van der Waals surface area contributed by atoms with E-state index >= 15 is 0 Å². The van der Waals surface area contributed by atoms with Crippen molar-refractivity contribution in [2.75, 3.05) is 19.0 Å². The number of aliphatic imine (C=N–C) groups is 1. The van der Waals surface area contributed by atoms with Gasteiger partial charge in [-0.2, -0.15) is 0 Å². The van der Waals surface area contributed by atoms with E-state index < -0.39 is 0 Å². The zero-order valence-corrected chi connectivity index (χ0v) is 18.8. The van der Waals surface area contributed by atoms with Crippen LogP contribution in [0.1, 0.15) is 27.9 Å². The molecule has 0 spiro atoms. The summed E-state index contributed by atoms with van der Waals surface area (Å²) >= 11 is 0. The van der Waals surface area contributed by atoms with E-state index in [0.717, 1.165) is 28.4 Å². The summed E-state index contributed by atoms with van der Waals surface area (Å²) < 4.78 is 0. The Kier molecular flexibility index (Phi) is 5.65. The van der Waals surface area contributed by atoms with Crippen LogP contribution in [-0.4, -0.2) is 42.1 Å². The fraction of sp³-hybridized carbons (Fsp3) is 0.222. The van der Waals surface area contributed by atoms with E-state index in [-0.39, 0.29) is 11.9 Å². The van der Waals surface area contributed by atoms with Gasteiger partial charge in [-0.1, -0.05) is 59.8 Å². The third kappa shape index (κ3) is 4.12. The fourth-order valence-corrected chi connectivity index (χ4v) is 4.53. The molecule has 0 aliphatic carbocycles. The van der Waals surface area contributed by atoms with Crippen LogP contribution in [0.3, 0.4) is 0 Å². The molecule has 1 fully saturated rings. The van der Waals surface area contributed by atoms with E-state index in [9.17, 15) is 4.79 Å². The molecule has 0 radical (unpaired) electrons. The van der Waals surface area contributed by atoms with Gasteiger partial charge in [-0.25, -0.2) is 0 Å². The number of hydrogen-bond donors (Lipinski definition) is 1. The van der Waals surface area contributed by atoms with E-state index in [1.165, 1.54) is 18.2 Å². The van der Waals surface area contributed by atoms with Gasteiger partial charge in [0, 0.05) is 17.7 Å². The molecule has 0 saturated carbocycles. The SMILES string of the molecule is CON=C1CC(C2=NCc3ccccc3N2)N(C(=O)c2ccc(-c3ccccc3C)cc2)C1. The Morgan fingerprint density at radius 2 is 1.82 bits per heavy atom. The minimum atomic E-state index is -0.212. The van der Waals surface area contributed by atoms with Gasteiger partial charge in [0.25, 0.3) is 5.91 Å². The Morgan fingerprint density at radius 1 is 1.06 bits per heavy atom. The van der Waals surface area contributed by atoms with Gasteiger partial charge in [0.2, 0.25) is 0 Å². The maximum Gasteiger partial charge on any atom is 0.254 e. The lowest BCUT2D eigenvalue weighted by Crippen LogP contribution is -2.44. The maximum absolute atomic E-state index is 13.6. The number of carbonyl (C=O) groups is 1. The summed E-state index contributed by atoms with van der Waals surface area (Å²) in [6, 6.07) is 24.0. The second kappa shape index (κ2) is 8.90. The summed E-state index contributed by atoms with van der Waals surface area (Å²) in [6.07, 6.45) is 0.592. The fourth-order valence-electron chi connectivity index (χ4n) is 4.53. The molecule has 0 aromatic heterocycles. The minimum absolute atomic E-state index is 0.0407. The number of oxime groups is 1. The van der Waals surface area contributed by atoms with Crippen molar-refractivity contribution in [1.29, 1.82) is 0 Å². The van der Waals surface area contributed by atoms with Crippen molar-refractivity contribution in [3.05, 3.63) is 89.5 Å². The van der Waals surface area contributed by atoms with Gasteiger partial charge in [-0.15, -0.1) is 0 Å². The first-order chi connectivity index (χ1) is 16.1. The highest BCUT2D eigenvalue weighted by molar-refractivity contribution is 6.10. The summed E-state index contributed by atoms with van der Waals surface area (Å²) in [4.78, 5) is 25.2. The zero-order chi connectivity index (χ0) is 22.8. The van der Waals surface area contributed by atoms with Crippen molar-refractivity contribution in [1.82, 2.24) is 4.90 Å². The average Bonchev–Trinajstić information content (AvgIpc) is 3.28. The maximum atomic E-state index is 13.6. The van der Waals surface area contributed by atoms with Gasteiger partial charge < -0.3 is 15.1 Å². The molecule has 1 amide bonds. The third-order valence-corrected chi connectivity index (χ3v) is 6.24. The number of rotatable bonds is 4. The normalized spacial score (nSPS) is 18.5. The quantitative estimate of drug-likeness (QED) is 0.589. The lowest BCUT2D eigenvalue weighted by atomic mass is 9.99. The molecule has 1 N–H and O–H groups in total. The van der Waals surface area contributed by atoms with E-state index in [2.05, 4.69) is 35.6 Å². The van der Waals surface area contributed by atoms with Crippen LogP contribution in [-0.2, 0) is 11.4 Å². The zero-order valence-electron chi connectivity index (χ0n) is 18.8. The molecule has 1 unspecified atom stereocenters. The largest absolute Gasteiger partial charge is 0.399 e. The Labute approximate surface area is 193 Å². The summed E-state index contributed by atoms with van der Waals surface area (Å²) in [7, 11) is 1.53. The van der Waals surface area contributed by atoms with E-state index in [4.69, 9.17) is 9.83 Å². The van der Waals surface area contributed by atoms with Crippen LogP contribution in [0.15, 0.2) is 82.9 Å². The molecule has 3 aromatic rings. The van der Waals surface area contributed by atoms with Gasteiger partial charge >= 0.3 is 0 Å². The molecule has 6 nitrogen and oxygen atoms in total. The average molecular weight is 439 g/mol. The van der Waals surface area contributed by atoms with Crippen LogP contribution in [0.25, 0.3) is 11.1 Å². The number of carbonyl (C=O) groups excluding carboxylic acids is 1. The van der Waals surface area contributed by atoms with Gasteiger partial charge in [-0.05, 0) is 47.4 Å². The number of nitrogens with zero attached hydrogens (tertiary/aromatic N) is 3. The molecule has 1 saturated heterocycles. The number of amides is 1. The molecule has 3 aromatic carbocycles. The second-order valence-corrected chi connectivity index (χ2v) is 8.37. The second-order valence-electron chi connectivity index (χ2n) is 8.37. The Hall–Kier alpha value is -3.93. The highest BCUT2D eigenvalue weighted by atomic mass is 16.6. The number of nitrogens with one attached hydrogen (secondary N) is 1. The van der Waals surface area contributed by atoms with Crippen LogP contribution in [0.4, 0.5) is 5.69 Å². The van der Waals surface area contributed by atoms with Gasteiger partial charge in [0.15, 0.2) is 0 Å². The first-order valence-electron chi connectivity index (χ1n) is 11.1. The van der Waals surface area contributed by atoms with Crippen LogP contribution < -0.4 is 5.32 Å². The number of para-hydroxylation sites is 1. The van der Waals surface area contributed by atoms with Crippen LogP contribution in [0.5, 0.6) is 0 Å². The summed E-state index contributed by atoms with van der Waals surface area (Å²) in [5.41, 5.74) is 7.13. The minimum Gasteiger partial charge on any atom is -0.399 e. The number of hydrogen-bond acceptors (Lipinski definition) is 5. The Balaban J connectivity index is 1.41. The molecular weight excluding hydrogens is 412 g/mol. The Morgan fingerprint density at radius 3 is 2.61 bits per heavy atom. The van der Waals surface area contributed by atoms with Crippen LogP contribution in [0.2, 0.25) is 0 Å². The summed E-state index contributed by atoms with van der Waals surface area (Å²) in [5.74, 6) is 0.751. The van der Waals surface area contributed by atoms with Crippen molar-refractivity contribution >= 4 is 23.1 Å². The first kappa shape index (κ1) is 20.9. The topological polar surface area (TPSA) is 66.3 Å². The number of amidine groups is 1. The van der Waals surface area contributed by atoms with Crippen molar-refractivity contribution in [3.63, 3.8) is 0 Å². The smallest absolute Gasteiger partial charge is 0.254 e.